The van der Waals surface area contributed by atoms with Gasteiger partial charge in [-0.25, -0.2) is 18.6 Å². The molecule has 2 aromatic heterocycles. The van der Waals surface area contributed by atoms with Crippen LogP contribution in [0.25, 0.3) is 21.2 Å². The van der Waals surface area contributed by atoms with Crippen molar-refractivity contribution in [2.45, 2.75) is 58.8 Å². The molecule has 0 bridgehead atoms. The number of pyridine rings is 1. The molecule has 7 rings (SSSR count). The van der Waals surface area contributed by atoms with Crippen LogP contribution in [0.1, 0.15) is 71.9 Å². The zero-order valence-corrected chi connectivity index (χ0v) is 37.9. The molecule has 15 heteroatoms. The highest BCUT2D eigenvalue weighted by molar-refractivity contribution is 14.1. The zero-order chi connectivity index (χ0) is 43.7. The van der Waals surface area contributed by atoms with Crippen LogP contribution < -0.4 is 19.7 Å². The van der Waals surface area contributed by atoms with Gasteiger partial charge in [0.25, 0.3) is 5.91 Å². The average molecular weight is 976 g/mol. The monoisotopic (exact) mass is 975 g/mol. The van der Waals surface area contributed by atoms with Crippen LogP contribution in [-0.2, 0) is 24.2 Å². The summed E-state index contributed by atoms with van der Waals surface area (Å²) in [5, 5.41) is 13.0. The first kappa shape index (κ1) is 43.6. The fourth-order valence-corrected chi connectivity index (χ4v) is 9.76. The summed E-state index contributed by atoms with van der Waals surface area (Å²) in [7, 11) is 3.25. The Hall–Kier alpha value is -5.50. The average Bonchev–Trinajstić information content (AvgIpc) is 3.61. The summed E-state index contributed by atoms with van der Waals surface area (Å²) in [5.74, 6) is 0.307. The second-order valence-electron chi connectivity index (χ2n) is 15.4. The van der Waals surface area contributed by atoms with Gasteiger partial charge in [-0.15, -0.1) is 11.3 Å². The number of halogens is 4. The van der Waals surface area contributed by atoms with Crippen molar-refractivity contribution in [3.63, 3.8) is 0 Å². The van der Waals surface area contributed by atoms with Crippen molar-refractivity contribution in [3.05, 3.63) is 133 Å². The Bertz CT molecular complexity index is 2650. The predicted octanol–water partition coefficient (Wildman–Crippen LogP) is 11.7. The van der Waals surface area contributed by atoms with Gasteiger partial charge in [0.15, 0.2) is 0 Å². The van der Waals surface area contributed by atoms with Crippen molar-refractivity contribution in [2.24, 2.45) is 0 Å². The van der Waals surface area contributed by atoms with Crippen molar-refractivity contribution in [3.8, 4) is 28.7 Å². The maximum absolute atomic E-state index is 16.9. The topological polar surface area (TPSA) is 117 Å². The number of anilines is 2. The number of rotatable bonds is 11. The second-order valence-corrected chi connectivity index (χ2v) is 17.9. The SMILES string of the molecule is COc1ccc(CN(Cc2ccc(OC)cc2)c2ncccc2C(C)N2CCc3c(Cl)c(-c4ccc(F)c5sc(NC(=O)OC(C)(C)C)c(C#N)c45)c(F)c(I)c3C2=O)cc1. The number of aromatic nitrogens is 1. The van der Waals surface area contributed by atoms with Crippen LogP contribution in [-0.4, -0.2) is 48.2 Å². The standard InChI is InChI=1S/C46H41ClF2IN5O5S/c1-25(30-8-7-20-52-42(30)54(23-26-9-13-28(58-5)14-10-26)24-27-11-15-29(59-6)16-12-27)55-21-19-32-37(44(55)56)40(50)39(49)36(38(32)47)31-17-18-34(48)41-35(31)33(22-51)43(61-41)53-45(57)60-46(2,3)4/h7-18,20,25H,19,21,23-24H2,1-6H3,(H,53,57). The Balaban J connectivity index is 1.25. The lowest BCUT2D eigenvalue weighted by molar-refractivity contribution is 0.0634. The van der Waals surface area contributed by atoms with Crippen molar-refractivity contribution < 1.29 is 32.6 Å². The van der Waals surface area contributed by atoms with E-state index < -0.39 is 35.3 Å². The highest BCUT2D eigenvalue weighted by Gasteiger charge is 2.37. The van der Waals surface area contributed by atoms with Crippen molar-refractivity contribution in [1.82, 2.24) is 9.88 Å². The van der Waals surface area contributed by atoms with Gasteiger partial charge in [-0.1, -0.05) is 48.0 Å². The van der Waals surface area contributed by atoms with E-state index in [0.29, 0.717) is 24.5 Å². The zero-order valence-electron chi connectivity index (χ0n) is 34.2. The van der Waals surface area contributed by atoms with Crippen molar-refractivity contribution in [1.29, 1.82) is 5.26 Å². The second kappa shape index (κ2) is 17.8. The molecule has 0 saturated heterocycles. The molecule has 314 valence electrons. The summed E-state index contributed by atoms with van der Waals surface area (Å²) in [6.07, 6.45) is 1.18. The summed E-state index contributed by atoms with van der Waals surface area (Å²) in [5.41, 5.74) is 2.62. The van der Waals surface area contributed by atoms with E-state index in [4.69, 9.17) is 30.8 Å². The smallest absolute Gasteiger partial charge is 0.412 e. The van der Waals surface area contributed by atoms with Gasteiger partial charge in [-0.2, -0.15) is 5.26 Å². The van der Waals surface area contributed by atoms with Gasteiger partial charge in [0.05, 0.1) is 44.7 Å². The van der Waals surface area contributed by atoms with Gasteiger partial charge >= 0.3 is 6.09 Å². The summed E-state index contributed by atoms with van der Waals surface area (Å²) < 4.78 is 48.6. The minimum Gasteiger partial charge on any atom is -0.497 e. The molecule has 61 heavy (non-hydrogen) atoms. The number of fused-ring (bicyclic) bond motifs is 2. The number of thiophene rings is 1. The molecule has 0 fully saturated rings. The summed E-state index contributed by atoms with van der Waals surface area (Å²) in [6, 6.07) is 23.5. The van der Waals surface area contributed by atoms with E-state index in [9.17, 15) is 14.9 Å². The van der Waals surface area contributed by atoms with E-state index in [2.05, 4.69) is 16.3 Å². The lowest BCUT2D eigenvalue weighted by Crippen LogP contribution is -2.41. The lowest BCUT2D eigenvalue weighted by Gasteiger charge is -2.37. The number of nitriles is 1. The van der Waals surface area contributed by atoms with E-state index in [1.807, 2.05) is 90.2 Å². The van der Waals surface area contributed by atoms with Gasteiger partial charge in [0.2, 0.25) is 0 Å². The van der Waals surface area contributed by atoms with Crippen LogP contribution in [0.2, 0.25) is 5.02 Å². The molecule has 3 heterocycles. The first-order valence-corrected chi connectivity index (χ1v) is 21.5. The molecule has 0 aliphatic carbocycles. The number of ether oxygens (including phenoxy) is 3. The van der Waals surface area contributed by atoms with E-state index in [-0.39, 0.29) is 58.9 Å². The van der Waals surface area contributed by atoms with Crippen LogP contribution in [0.5, 0.6) is 11.5 Å². The van der Waals surface area contributed by atoms with Crippen LogP contribution in [0, 0.1) is 26.5 Å². The first-order valence-electron chi connectivity index (χ1n) is 19.3. The predicted molar refractivity (Wildman–Crippen MR) is 243 cm³/mol. The Morgan fingerprint density at radius 2 is 1.64 bits per heavy atom. The molecular weight excluding hydrogens is 935 g/mol. The molecule has 0 radical (unpaired) electrons. The third-order valence-corrected chi connectivity index (χ3v) is 12.9. The molecule has 0 saturated carbocycles. The lowest BCUT2D eigenvalue weighted by atomic mass is 9.90. The minimum absolute atomic E-state index is 0.00885. The fraction of sp³-hybridized carbons (Fsp3) is 0.261. The molecule has 4 aromatic carbocycles. The van der Waals surface area contributed by atoms with Gasteiger partial charge in [0, 0.05) is 42.3 Å². The Labute approximate surface area is 375 Å². The normalized spacial score (nSPS) is 13.1. The van der Waals surface area contributed by atoms with Gasteiger partial charge in [-0.3, -0.25) is 10.1 Å². The largest absolute Gasteiger partial charge is 0.497 e. The van der Waals surface area contributed by atoms with Crippen LogP contribution in [0.3, 0.4) is 0 Å². The van der Waals surface area contributed by atoms with Crippen LogP contribution in [0.15, 0.2) is 79.0 Å². The quantitative estimate of drug-likeness (QED) is 0.101. The van der Waals surface area contributed by atoms with Crippen LogP contribution in [0.4, 0.5) is 24.4 Å². The van der Waals surface area contributed by atoms with Gasteiger partial charge in [0.1, 0.15) is 45.6 Å². The number of hydrogen-bond acceptors (Lipinski definition) is 9. The first-order chi connectivity index (χ1) is 29.1. The third kappa shape index (κ3) is 8.82. The maximum Gasteiger partial charge on any atom is 0.412 e. The number of hydrogen-bond donors (Lipinski definition) is 1. The molecular formula is C46H41ClF2IN5O5S. The third-order valence-electron chi connectivity index (χ3n) is 10.4. The van der Waals surface area contributed by atoms with E-state index in [1.54, 1.807) is 46.1 Å². The Kier molecular flexibility index (Phi) is 12.7. The summed E-state index contributed by atoms with van der Waals surface area (Å²) >= 11 is 9.76. The molecule has 1 aliphatic heterocycles. The Morgan fingerprint density at radius 1 is 1.02 bits per heavy atom. The summed E-state index contributed by atoms with van der Waals surface area (Å²) in [4.78, 5) is 36.1. The van der Waals surface area contributed by atoms with Gasteiger partial charge < -0.3 is 24.0 Å². The van der Waals surface area contributed by atoms with E-state index in [0.717, 1.165) is 39.5 Å². The number of carbonyl (C=O) groups excluding carboxylic acids is 2. The molecule has 6 aromatic rings. The van der Waals surface area contributed by atoms with E-state index in [1.165, 1.54) is 12.1 Å². The Morgan fingerprint density at radius 3 is 2.21 bits per heavy atom. The minimum atomic E-state index is -0.832. The molecule has 0 spiro atoms. The molecule has 10 nitrogen and oxygen atoms in total. The molecule has 1 N–H and O–H groups in total. The highest BCUT2D eigenvalue weighted by Crippen LogP contribution is 2.48. The number of nitrogens with zero attached hydrogens (tertiary/aromatic N) is 4. The number of carbonyl (C=O) groups is 2. The number of methoxy groups -OCH3 is 2. The number of nitrogens with one attached hydrogen (secondary N) is 1. The molecule has 1 unspecified atom stereocenters. The molecule has 2 amide bonds. The van der Waals surface area contributed by atoms with Gasteiger partial charge in [-0.05, 0) is 115 Å². The van der Waals surface area contributed by atoms with Crippen molar-refractivity contribution >= 4 is 78.4 Å². The number of benzene rings is 4. The molecule has 1 aliphatic rings. The number of amides is 2. The molecule has 1 atom stereocenters. The van der Waals surface area contributed by atoms with Crippen LogP contribution >= 0.6 is 45.5 Å². The highest BCUT2D eigenvalue weighted by atomic mass is 127. The summed E-state index contributed by atoms with van der Waals surface area (Å²) in [6.45, 7) is 8.24. The van der Waals surface area contributed by atoms with E-state index >= 15 is 8.78 Å². The van der Waals surface area contributed by atoms with Crippen molar-refractivity contribution in [2.75, 3.05) is 31.0 Å². The maximum atomic E-state index is 16.9. The fourth-order valence-electron chi connectivity index (χ4n) is 7.50.